The molecule has 0 aromatic heterocycles. The summed E-state index contributed by atoms with van der Waals surface area (Å²) in [7, 11) is 0. The molecule has 0 amide bonds. The third-order valence-corrected chi connectivity index (χ3v) is 4.43. The maximum absolute atomic E-state index is 10.5. The van der Waals surface area contributed by atoms with E-state index < -0.39 is 5.97 Å². The first-order valence-electron chi connectivity index (χ1n) is 8.30. The molecule has 4 heteroatoms. The molecule has 0 saturated heterocycles. The first-order valence-corrected chi connectivity index (χ1v) is 8.30. The van der Waals surface area contributed by atoms with Crippen LogP contribution in [0.1, 0.15) is 64.7 Å². The lowest BCUT2D eigenvalue weighted by molar-refractivity contribution is -0.137. The zero-order valence-electron chi connectivity index (χ0n) is 13.1. The van der Waals surface area contributed by atoms with Gasteiger partial charge in [0.2, 0.25) is 0 Å². The molecular weight excluding hydrogens is 268 g/mol. The third kappa shape index (κ3) is 7.09. The van der Waals surface area contributed by atoms with Crippen LogP contribution in [-0.2, 0) is 4.79 Å². The Bertz CT molecular complexity index is 327. The number of hydrogen-bond acceptors (Lipinski definition) is 3. The number of unbranched alkanes of at least 4 members (excludes halogenated alkanes) is 2. The molecule has 0 aliphatic heterocycles. The molecule has 1 aliphatic rings. The Morgan fingerprint density at radius 3 is 2.71 bits per heavy atom. The molecule has 4 atom stereocenters. The second kappa shape index (κ2) is 9.96. The van der Waals surface area contributed by atoms with Gasteiger partial charge in [-0.1, -0.05) is 38.3 Å². The summed E-state index contributed by atoms with van der Waals surface area (Å²) in [6.07, 6.45) is 10.7. The highest BCUT2D eigenvalue weighted by atomic mass is 16.4. The van der Waals surface area contributed by atoms with Crippen molar-refractivity contribution in [3.05, 3.63) is 12.2 Å². The van der Waals surface area contributed by atoms with E-state index >= 15 is 0 Å². The number of carboxylic acid groups (broad SMARTS) is 1. The maximum Gasteiger partial charge on any atom is 0.303 e. The molecule has 0 radical (unpaired) electrons. The van der Waals surface area contributed by atoms with Gasteiger partial charge in [-0.2, -0.15) is 0 Å². The van der Waals surface area contributed by atoms with Gasteiger partial charge in [0.25, 0.3) is 0 Å². The van der Waals surface area contributed by atoms with E-state index in [0.717, 1.165) is 44.9 Å². The van der Waals surface area contributed by atoms with Gasteiger partial charge in [-0.25, -0.2) is 0 Å². The average Bonchev–Trinajstić information content (AvgIpc) is 2.77. The van der Waals surface area contributed by atoms with Crippen LogP contribution in [0.15, 0.2) is 12.2 Å². The number of aliphatic hydroxyl groups excluding tert-OH is 2. The summed E-state index contributed by atoms with van der Waals surface area (Å²) < 4.78 is 0. The summed E-state index contributed by atoms with van der Waals surface area (Å²) in [6.45, 7) is 2.05. The molecule has 4 unspecified atom stereocenters. The Hall–Kier alpha value is -0.870. The van der Waals surface area contributed by atoms with Gasteiger partial charge >= 0.3 is 5.97 Å². The van der Waals surface area contributed by atoms with Gasteiger partial charge in [0.15, 0.2) is 0 Å². The van der Waals surface area contributed by atoms with Crippen molar-refractivity contribution in [3.63, 3.8) is 0 Å². The van der Waals surface area contributed by atoms with Crippen molar-refractivity contribution in [2.75, 3.05) is 0 Å². The summed E-state index contributed by atoms with van der Waals surface area (Å²) >= 11 is 0. The Kier molecular flexibility index (Phi) is 8.62. The second-order valence-electron chi connectivity index (χ2n) is 6.21. The van der Waals surface area contributed by atoms with Gasteiger partial charge in [0, 0.05) is 6.42 Å². The Balaban J connectivity index is 2.33. The van der Waals surface area contributed by atoms with Crippen LogP contribution in [0.2, 0.25) is 0 Å². The van der Waals surface area contributed by atoms with Crippen molar-refractivity contribution in [3.8, 4) is 0 Å². The van der Waals surface area contributed by atoms with Gasteiger partial charge in [-0.05, 0) is 43.9 Å². The van der Waals surface area contributed by atoms with Crippen molar-refractivity contribution in [1.82, 2.24) is 0 Å². The molecule has 4 nitrogen and oxygen atoms in total. The van der Waals surface area contributed by atoms with Crippen LogP contribution < -0.4 is 0 Å². The van der Waals surface area contributed by atoms with E-state index in [2.05, 4.69) is 13.0 Å². The van der Waals surface area contributed by atoms with Gasteiger partial charge < -0.3 is 15.3 Å². The van der Waals surface area contributed by atoms with Gasteiger partial charge in [-0.3, -0.25) is 4.79 Å². The van der Waals surface area contributed by atoms with E-state index in [1.807, 2.05) is 6.08 Å². The fraction of sp³-hybridized carbons (Fsp3) is 0.824. The molecule has 0 heterocycles. The largest absolute Gasteiger partial charge is 0.481 e. The van der Waals surface area contributed by atoms with Gasteiger partial charge in [0.1, 0.15) is 0 Å². The molecule has 3 N–H and O–H groups in total. The number of allylic oxidation sites excluding steroid dienone is 1. The predicted octanol–water partition coefficient (Wildman–Crippen LogP) is 3.13. The minimum Gasteiger partial charge on any atom is -0.481 e. The molecule has 21 heavy (non-hydrogen) atoms. The number of carboxylic acids is 1. The van der Waals surface area contributed by atoms with Crippen molar-refractivity contribution in [2.24, 2.45) is 11.8 Å². The van der Waals surface area contributed by atoms with Crippen LogP contribution in [0.3, 0.4) is 0 Å². The molecule has 1 rings (SSSR count). The van der Waals surface area contributed by atoms with E-state index in [1.54, 1.807) is 0 Å². The zero-order chi connectivity index (χ0) is 15.7. The lowest BCUT2D eigenvalue weighted by atomic mass is 9.88. The van der Waals surface area contributed by atoms with Crippen molar-refractivity contribution in [2.45, 2.75) is 76.9 Å². The maximum atomic E-state index is 10.5. The van der Waals surface area contributed by atoms with Crippen LogP contribution >= 0.6 is 0 Å². The highest BCUT2D eigenvalue weighted by Crippen LogP contribution is 2.36. The van der Waals surface area contributed by atoms with Crippen LogP contribution in [0.5, 0.6) is 0 Å². The Morgan fingerprint density at radius 1 is 1.29 bits per heavy atom. The number of carbonyl (C=O) groups is 1. The minimum absolute atomic E-state index is 0.236. The monoisotopic (exact) mass is 298 g/mol. The zero-order valence-corrected chi connectivity index (χ0v) is 13.1. The predicted molar refractivity (Wildman–Crippen MR) is 83.0 cm³/mol. The average molecular weight is 298 g/mol. The van der Waals surface area contributed by atoms with E-state index in [0.29, 0.717) is 12.3 Å². The van der Waals surface area contributed by atoms with E-state index in [-0.39, 0.29) is 24.5 Å². The third-order valence-electron chi connectivity index (χ3n) is 4.43. The van der Waals surface area contributed by atoms with Crippen molar-refractivity contribution >= 4 is 5.97 Å². The van der Waals surface area contributed by atoms with Crippen molar-refractivity contribution < 1.29 is 20.1 Å². The summed E-state index contributed by atoms with van der Waals surface area (Å²) in [6, 6.07) is 0. The molecule has 1 aliphatic carbocycles. The topological polar surface area (TPSA) is 77.8 Å². The molecule has 122 valence electrons. The first kappa shape index (κ1) is 18.2. The highest BCUT2D eigenvalue weighted by Gasteiger charge is 2.32. The molecule has 0 spiro atoms. The number of rotatable bonds is 10. The van der Waals surface area contributed by atoms with Gasteiger partial charge in [-0.15, -0.1) is 0 Å². The molecule has 1 saturated carbocycles. The molecule has 1 fully saturated rings. The highest BCUT2D eigenvalue weighted by molar-refractivity contribution is 5.66. The quantitative estimate of drug-likeness (QED) is 0.428. The molecular formula is C17H30O4. The van der Waals surface area contributed by atoms with Crippen molar-refractivity contribution in [1.29, 1.82) is 0 Å². The minimum atomic E-state index is -0.735. The lowest BCUT2D eigenvalue weighted by Gasteiger charge is -2.20. The van der Waals surface area contributed by atoms with E-state index in [9.17, 15) is 15.0 Å². The fourth-order valence-corrected chi connectivity index (χ4v) is 3.22. The Labute approximate surface area is 127 Å². The van der Waals surface area contributed by atoms with Crippen LogP contribution in [0, 0.1) is 11.8 Å². The molecule has 0 bridgehead atoms. The molecule has 0 aromatic carbocycles. The molecule has 0 aromatic rings. The summed E-state index contributed by atoms with van der Waals surface area (Å²) in [5.74, 6) is -0.118. The normalized spacial score (nSPS) is 27.3. The first-order chi connectivity index (χ1) is 10.0. The van der Waals surface area contributed by atoms with Crippen LogP contribution in [0.4, 0.5) is 0 Å². The second-order valence-corrected chi connectivity index (χ2v) is 6.21. The smallest absolute Gasteiger partial charge is 0.303 e. The summed E-state index contributed by atoms with van der Waals surface area (Å²) in [4.78, 5) is 10.5. The van der Waals surface area contributed by atoms with Crippen LogP contribution in [-0.4, -0.2) is 33.5 Å². The van der Waals surface area contributed by atoms with Gasteiger partial charge in [0.05, 0.1) is 12.2 Å². The summed E-state index contributed by atoms with van der Waals surface area (Å²) in [5.41, 5.74) is 0. The number of aliphatic carboxylic acids is 1. The fourth-order valence-electron chi connectivity index (χ4n) is 3.22. The standard InChI is InChI=1S/C17H30O4/c1-2-6-14(18)11-9-13-10-12-16(19)15(13)7-4-3-5-8-17(20)21/h9,11,13-16,18-19H,2-8,10,12H2,1H3,(H,20,21). The SMILES string of the molecule is CCCC(O)C=CC1CCC(O)C1CCCCCC(=O)O. The lowest BCUT2D eigenvalue weighted by Crippen LogP contribution is -2.18. The Morgan fingerprint density at radius 2 is 2.05 bits per heavy atom. The summed E-state index contributed by atoms with van der Waals surface area (Å²) in [5, 5.41) is 28.4. The van der Waals surface area contributed by atoms with E-state index in [1.165, 1.54) is 0 Å². The van der Waals surface area contributed by atoms with Crippen LogP contribution in [0.25, 0.3) is 0 Å². The van der Waals surface area contributed by atoms with E-state index in [4.69, 9.17) is 5.11 Å². The number of hydrogen-bond donors (Lipinski definition) is 3. The number of aliphatic hydroxyl groups is 2.